The molecule has 1 aliphatic heterocycles. The average Bonchev–Trinajstić information content (AvgIpc) is 2.62. The van der Waals surface area contributed by atoms with Crippen LogP contribution in [0, 0.1) is 0 Å². The van der Waals surface area contributed by atoms with Gasteiger partial charge in [0.2, 0.25) is 5.91 Å². The van der Waals surface area contributed by atoms with E-state index in [4.69, 9.17) is 17.0 Å². The zero-order valence-corrected chi connectivity index (χ0v) is 11.9. The van der Waals surface area contributed by atoms with Gasteiger partial charge < -0.3 is 4.74 Å². The van der Waals surface area contributed by atoms with Crippen molar-refractivity contribution in [1.82, 2.24) is 4.90 Å². The molecule has 1 fully saturated rings. The van der Waals surface area contributed by atoms with Gasteiger partial charge in [0.15, 0.2) is 0 Å². The van der Waals surface area contributed by atoms with Crippen molar-refractivity contribution in [2.75, 3.05) is 6.54 Å². The Morgan fingerprint density at radius 1 is 1.35 bits per heavy atom. The molecule has 0 radical (unpaired) electrons. The predicted molar refractivity (Wildman–Crippen MR) is 72.9 cm³/mol. The van der Waals surface area contributed by atoms with Crippen molar-refractivity contribution in [3.63, 3.8) is 0 Å². The largest absolute Gasteiger partial charge is 0.462 e. The van der Waals surface area contributed by atoms with E-state index in [0.717, 1.165) is 38.5 Å². The highest BCUT2D eigenvalue weighted by atomic mass is 32.1. The summed E-state index contributed by atoms with van der Waals surface area (Å²) in [6.45, 7) is 6.53. The van der Waals surface area contributed by atoms with Crippen molar-refractivity contribution >= 4 is 23.3 Å². The molecule has 0 saturated carbocycles. The molecule has 0 spiro atoms. The minimum atomic E-state index is -0.214. The van der Waals surface area contributed by atoms with E-state index in [1.807, 2.05) is 0 Å². The lowest BCUT2D eigenvalue weighted by Gasteiger charge is -2.27. The maximum atomic E-state index is 11.5. The lowest BCUT2D eigenvalue weighted by atomic mass is 9.91. The molecule has 17 heavy (non-hydrogen) atoms. The number of carbonyl (C=O) groups is 1. The SMILES string of the molecule is CCCCC1(CCCC)CN(C(C)=O)C(=S)O1. The van der Waals surface area contributed by atoms with Gasteiger partial charge in [-0.05, 0) is 37.9 Å². The van der Waals surface area contributed by atoms with Crippen LogP contribution >= 0.6 is 12.2 Å². The number of hydrogen-bond acceptors (Lipinski definition) is 3. The van der Waals surface area contributed by atoms with E-state index in [9.17, 15) is 4.79 Å². The van der Waals surface area contributed by atoms with Crippen LogP contribution < -0.4 is 0 Å². The van der Waals surface area contributed by atoms with Crippen LogP contribution in [0.5, 0.6) is 0 Å². The standard InChI is InChI=1S/C13H23NO2S/c1-4-6-8-13(9-7-5-2)10-14(11(3)15)12(17)16-13/h4-10H2,1-3H3. The molecule has 0 aromatic rings. The van der Waals surface area contributed by atoms with Gasteiger partial charge in [-0.2, -0.15) is 0 Å². The molecule has 98 valence electrons. The lowest BCUT2D eigenvalue weighted by Crippen LogP contribution is -2.36. The second kappa shape index (κ2) is 6.34. The fourth-order valence-electron chi connectivity index (χ4n) is 2.25. The van der Waals surface area contributed by atoms with Gasteiger partial charge in [-0.25, -0.2) is 0 Å². The molecule has 0 N–H and O–H groups in total. The number of nitrogens with zero attached hydrogens (tertiary/aromatic N) is 1. The summed E-state index contributed by atoms with van der Waals surface area (Å²) in [7, 11) is 0. The zero-order chi connectivity index (χ0) is 12.9. The molecule has 1 amide bonds. The summed E-state index contributed by atoms with van der Waals surface area (Å²) < 4.78 is 5.86. The van der Waals surface area contributed by atoms with E-state index in [2.05, 4.69) is 13.8 Å². The monoisotopic (exact) mass is 257 g/mol. The van der Waals surface area contributed by atoms with Crippen LogP contribution in [0.4, 0.5) is 0 Å². The minimum absolute atomic E-state index is 0.00938. The van der Waals surface area contributed by atoms with Gasteiger partial charge in [0.05, 0.1) is 6.54 Å². The Kier molecular flexibility index (Phi) is 5.37. The molecule has 0 aliphatic carbocycles. The Bertz CT molecular complexity index is 283. The van der Waals surface area contributed by atoms with Crippen LogP contribution in [0.3, 0.4) is 0 Å². The highest BCUT2D eigenvalue weighted by Crippen LogP contribution is 2.33. The number of ether oxygens (including phenoxy) is 1. The van der Waals surface area contributed by atoms with Crippen LogP contribution in [0.1, 0.15) is 59.3 Å². The summed E-state index contributed by atoms with van der Waals surface area (Å²) in [6, 6.07) is 0. The van der Waals surface area contributed by atoms with Crippen molar-refractivity contribution in [3.05, 3.63) is 0 Å². The number of hydrogen-bond donors (Lipinski definition) is 0. The Labute approximate surface area is 110 Å². The van der Waals surface area contributed by atoms with E-state index in [0.29, 0.717) is 11.7 Å². The van der Waals surface area contributed by atoms with Gasteiger partial charge in [-0.1, -0.05) is 26.7 Å². The topological polar surface area (TPSA) is 29.5 Å². The Morgan fingerprint density at radius 3 is 2.24 bits per heavy atom. The van der Waals surface area contributed by atoms with Crippen LogP contribution in [-0.4, -0.2) is 28.1 Å². The zero-order valence-electron chi connectivity index (χ0n) is 11.1. The maximum Gasteiger partial charge on any atom is 0.266 e. The fourth-order valence-corrected chi connectivity index (χ4v) is 2.62. The Morgan fingerprint density at radius 2 is 1.88 bits per heavy atom. The molecule has 0 aromatic heterocycles. The van der Waals surface area contributed by atoms with Gasteiger partial charge >= 0.3 is 0 Å². The highest BCUT2D eigenvalue weighted by Gasteiger charge is 2.43. The summed E-state index contributed by atoms with van der Waals surface area (Å²) in [5.41, 5.74) is -0.214. The molecule has 1 rings (SSSR count). The van der Waals surface area contributed by atoms with E-state index < -0.39 is 0 Å². The molecule has 0 atom stereocenters. The van der Waals surface area contributed by atoms with Crippen LogP contribution in [0.2, 0.25) is 0 Å². The first-order valence-electron chi connectivity index (χ1n) is 6.55. The normalized spacial score (nSPS) is 18.3. The third kappa shape index (κ3) is 3.66. The van der Waals surface area contributed by atoms with Crippen LogP contribution in [0.15, 0.2) is 0 Å². The van der Waals surface area contributed by atoms with Crippen LogP contribution in [-0.2, 0) is 9.53 Å². The van der Waals surface area contributed by atoms with Gasteiger partial charge in [0, 0.05) is 6.92 Å². The highest BCUT2D eigenvalue weighted by molar-refractivity contribution is 7.80. The number of thiocarbonyl (C=S) groups is 1. The number of carbonyl (C=O) groups excluding carboxylic acids is 1. The van der Waals surface area contributed by atoms with E-state index in [1.54, 1.807) is 11.8 Å². The molecule has 4 heteroatoms. The minimum Gasteiger partial charge on any atom is -0.462 e. The first kappa shape index (κ1) is 14.4. The molecular formula is C13H23NO2S. The fraction of sp³-hybridized carbons (Fsp3) is 0.846. The third-order valence-corrected chi connectivity index (χ3v) is 3.63. The molecule has 1 heterocycles. The quantitative estimate of drug-likeness (QED) is 0.684. The predicted octanol–water partition coefficient (Wildman–Crippen LogP) is 3.27. The summed E-state index contributed by atoms with van der Waals surface area (Å²) >= 11 is 5.15. The van der Waals surface area contributed by atoms with Crippen molar-refractivity contribution in [2.45, 2.75) is 64.9 Å². The van der Waals surface area contributed by atoms with Crippen molar-refractivity contribution < 1.29 is 9.53 Å². The van der Waals surface area contributed by atoms with Crippen molar-refractivity contribution in [3.8, 4) is 0 Å². The van der Waals surface area contributed by atoms with Gasteiger partial charge in [0.25, 0.3) is 5.17 Å². The molecule has 1 aliphatic rings. The molecular weight excluding hydrogens is 234 g/mol. The summed E-state index contributed by atoms with van der Waals surface area (Å²) in [5, 5.41) is 0.365. The summed E-state index contributed by atoms with van der Waals surface area (Å²) in [6.07, 6.45) is 6.52. The van der Waals surface area contributed by atoms with Crippen LogP contribution in [0.25, 0.3) is 0 Å². The van der Waals surface area contributed by atoms with Crippen molar-refractivity contribution in [1.29, 1.82) is 0 Å². The van der Waals surface area contributed by atoms with Gasteiger partial charge in [-0.15, -0.1) is 0 Å². The second-order valence-electron chi connectivity index (χ2n) is 4.86. The first-order chi connectivity index (χ1) is 8.04. The van der Waals surface area contributed by atoms with E-state index in [-0.39, 0.29) is 11.5 Å². The second-order valence-corrected chi connectivity index (χ2v) is 5.21. The molecule has 1 saturated heterocycles. The van der Waals surface area contributed by atoms with Gasteiger partial charge in [-0.3, -0.25) is 9.69 Å². The Balaban J connectivity index is 2.71. The molecule has 0 aromatic carbocycles. The third-order valence-electron chi connectivity index (χ3n) is 3.32. The summed E-state index contributed by atoms with van der Waals surface area (Å²) in [4.78, 5) is 13.0. The van der Waals surface area contributed by atoms with E-state index >= 15 is 0 Å². The first-order valence-corrected chi connectivity index (χ1v) is 6.96. The smallest absolute Gasteiger partial charge is 0.266 e. The maximum absolute atomic E-state index is 11.5. The Hall–Kier alpha value is -0.640. The summed E-state index contributed by atoms with van der Waals surface area (Å²) in [5.74, 6) is -0.00938. The number of rotatable bonds is 6. The number of amides is 1. The number of unbranched alkanes of at least 4 members (excludes halogenated alkanes) is 2. The average molecular weight is 257 g/mol. The van der Waals surface area contributed by atoms with E-state index in [1.165, 1.54) is 0 Å². The van der Waals surface area contributed by atoms with Gasteiger partial charge in [0.1, 0.15) is 5.60 Å². The lowest BCUT2D eigenvalue weighted by molar-refractivity contribution is -0.125. The molecule has 3 nitrogen and oxygen atoms in total. The van der Waals surface area contributed by atoms with Crippen molar-refractivity contribution in [2.24, 2.45) is 0 Å². The molecule has 0 unspecified atom stereocenters. The molecule has 0 bridgehead atoms.